The van der Waals surface area contributed by atoms with Gasteiger partial charge in [-0.2, -0.15) is 0 Å². The smallest absolute Gasteiger partial charge is 0.270 e. The number of amides is 1. The van der Waals surface area contributed by atoms with Crippen LogP contribution < -0.4 is 5.32 Å². The minimum absolute atomic E-state index is 0.0216. The van der Waals surface area contributed by atoms with Crippen LogP contribution in [0.25, 0.3) is 0 Å². The van der Waals surface area contributed by atoms with Crippen molar-refractivity contribution in [1.29, 1.82) is 0 Å². The number of halogens is 1. The van der Waals surface area contributed by atoms with Gasteiger partial charge in [0, 0.05) is 16.6 Å². The molecule has 18 heavy (non-hydrogen) atoms. The number of nitro groups is 1. The van der Waals surface area contributed by atoms with Crippen molar-refractivity contribution in [3.05, 3.63) is 38.3 Å². The zero-order valence-electron chi connectivity index (χ0n) is 9.55. The number of carbonyl (C=O) groups excluding carboxylic acids is 1. The SMILES string of the molecule is CC1OCC(=O)N[C@@H]1c1cc(Br)cc([N+](=O)[O-])c1. The molecule has 1 aliphatic heterocycles. The van der Waals surface area contributed by atoms with Crippen LogP contribution in [0.2, 0.25) is 0 Å². The van der Waals surface area contributed by atoms with Crippen LogP contribution in [0.1, 0.15) is 18.5 Å². The number of ether oxygens (including phenoxy) is 1. The van der Waals surface area contributed by atoms with Crippen LogP contribution in [-0.2, 0) is 9.53 Å². The van der Waals surface area contributed by atoms with Crippen LogP contribution in [0.3, 0.4) is 0 Å². The summed E-state index contributed by atoms with van der Waals surface area (Å²) in [7, 11) is 0. The van der Waals surface area contributed by atoms with Crippen LogP contribution in [0.5, 0.6) is 0 Å². The second kappa shape index (κ2) is 5.03. The number of nitrogens with one attached hydrogen (secondary N) is 1. The second-order valence-corrected chi connectivity index (χ2v) is 4.98. The Morgan fingerprint density at radius 3 is 2.89 bits per heavy atom. The third-order valence-electron chi connectivity index (χ3n) is 2.74. The summed E-state index contributed by atoms with van der Waals surface area (Å²) in [6, 6.07) is 4.23. The summed E-state index contributed by atoms with van der Waals surface area (Å²) >= 11 is 3.23. The van der Waals surface area contributed by atoms with Gasteiger partial charge >= 0.3 is 0 Å². The van der Waals surface area contributed by atoms with Gasteiger partial charge in [0.05, 0.1) is 17.1 Å². The van der Waals surface area contributed by atoms with Gasteiger partial charge in [-0.1, -0.05) is 15.9 Å². The number of non-ortho nitro benzene ring substituents is 1. The van der Waals surface area contributed by atoms with Gasteiger partial charge in [0.2, 0.25) is 5.91 Å². The third-order valence-corrected chi connectivity index (χ3v) is 3.20. The highest BCUT2D eigenvalue weighted by molar-refractivity contribution is 9.10. The molecule has 1 N–H and O–H groups in total. The molecule has 0 aliphatic carbocycles. The first-order valence-electron chi connectivity index (χ1n) is 5.33. The molecular weight excluding hydrogens is 304 g/mol. The molecule has 1 amide bonds. The first-order valence-corrected chi connectivity index (χ1v) is 6.12. The van der Waals surface area contributed by atoms with Gasteiger partial charge < -0.3 is 10.1 Å². The summed E-state index contributed by atoms with van der Waals surface area (Å²) in [4.78, 5) is 21.6. The van der Waals surface area contributed by atoms with Crippen molar-refractivity contribution in [3.63, 3.8) is 0 Å². The van der Waals surface area contributed by atoms with E-state index in [-0.39, 0.29) is 30.3 Å². The van der Waals surface area contributed by atoms with E-state index in [2.05, 4.69) is 21.2 Å². The number of carbonyl (C=O) groups is 1. The van der Waals surface area contributed by atoms with Crippen molar-refractivity contribution in [3.8, 4) is 0 Å². The first kappa shape index (κ1) is 13.0. The number of hydrogen-bond donors (Lipinski definition) is 1. The Bertz CT molecular complexity index is 506. The molecule has 6 nitrogen and oxygen atoms in total. The van der Waals surface area contributed by atoms with Gasteiger partial charge in [-0.05, 0) is 18.6 Å². The highest BCUT2D eigenvalue weighted by atomic mass is 79.9. The van der Waals surface area contributed by atoms with Crippen LogP contribution in [0, 0.1) is 10.1 Å². The topological polar surface area (TPSA) is 81.5 Å². The number of benzene rings is 1. The maximum atomic E-state index is 11.3. The fourth-order valence-electron chi connectivity index (χ4n) is 1.87. The summed E-state index contributed by atoms with van der Waals surface area (Å²) in [5, 5.41) is 13.6. The molecular formula is C11H11BrN2O4. The summed E-state index contributed by atoms with van der Waals surface area (Å²) < 4.78 is 5.90. The van der Waals surface area contributed by atoms with E-state index in [4.69, 9.17) is 4.74 Å². The molecule has 1 heterocycles. The first-order chi connectivity index (χ1) is 8.47. The molecule has 0 spiro atoms. The predicted molar refractivity (Wildman–Crippen MR) is 67.1 cm³/mol. The quantitative estimate of drug-likeness (QED) is 0.668. The number of hydrogen-bond acceptors (Lipinski definition) is 4. The standard InChI is InChI=1S/C11H11BrN2O4/c1-6-11(13-10(15)5-18-6)7-2-8(12)4-9(3-7)14(16)17/h2-4,6,11H,5H2,1H3,(H,13,15)/t6?,11-/m0/s1. The zero-order valence-corrected chi connectivity index (χ0v) is 11.1. The van der Waals surface area contributed by atoms with Gasteiger partial charge in [0.1, 0.15) is 6.61 Å². The van der Waals surface area contributed by atoms with E-state index in [1.54, 1.807) is 6.07 Å². The van der Waals surface area contributed by atoms with E-state index in [0.717, 1.165) is 0 Å². The van der Waals surface area contributed by atoms with Crippen molar-refractivity contribution in [2.24, 2.45) is 0 Å². The molecule has 1 aromatic rings. The Hall–Kier alpha value is -1.47. The molecule has 0 aromatic heterocycles. The van der Waals surface area contributed by atoms with Crippen LogP contribution >= 0.6 is 15.9 Å². The van der Waals surface area contributed by atoms with Crippen molar-refractivity contribution >= 4 is 27.5 Å². The van der Waals surface area contributed by atoms with E-state index in [0.29, 0.717) is 10.0 Å². The lowest BCUT2D eigenvalue weighted by Crippen LogP contribution is -2.44. The molecule has 2 rings (SSSR count). The predicted octanol–water partition coefficient (Wildman–Crippen LogP) is 1.93. The largest absolute Gasteiger partial charge is 0.366 e. The van der Waals surface area contributed by atoms with Gasteiger partial charge in [-0.15, -0.1) is 0 Å². The monoisotopic (exact) mass is 314 g/mol. The highest BCUT2D eigenvalue weighted by Crippen LogP contribution is 2.29. The van der Waals surface area contributed by atoms with E-state index in [1.807, 2.05) is 6.92 Å². The average molecular weight is 315 g/mol. The average Bonchev–Trinajstić information content (AvgIpc) is 2.31. The second-order valence-electron chi connectivity index (χ2n) is 4.06. The van der Waals surface area contributed by atoms with Crippen molar-refractivity contribution < 1.29 is 14.5 Å². The number of nitrogens with zero attached hydrogens (tertiary/aromatic N) is 1. The minimum Gasteiger partial charge on any atom is -0.366 e. The Labute approximate surface area is 112 Å². The van der Waals surface area contributed by atoms with E-state index >= 15 is 0 Å². The van der Waals surface area contributed by atoms with E-state index in [1.165, 1.54) is 12.1 Å². The van der Waals surface area contributed by atoms with Gasteiger partial charge in [0.25, 0.3) is 5.69 Å². The molecule has 1 aromatic carbocycles. The van der Waals surface area contributed by atoms with Crippen molar-refractivity contribution in [2.75, 3.05) is 6.61 Å². The summed E-state index contributed by atoms with van der Waals surface area (Å²) in [5.74, 6) is -0.222. The maximum Gasteiger partial charge on any atom is 0.270 e. The lowest BCUT2D eigenvalue weighted by molar-refractivity contribution is -0.385. The fraction of sp³-hybridized carbons (Fsp3) is 0.364. The molecule has 0 bridgehead atoms. The number of morpholine rings is 1. The molecule has 0 radical (unpaired) electrons. The van der Waals surface area contributed by atoms with Crippen LogP contribution in [0.15, 0.2) is 22.7 Å². The molecule has 1 fully saturated rings. The normalized spacial score (nSPS) is 23.6. The maximum absolute atomic E-state index is 11.3. The Kier molecular flexibility index (Phi) is 3.63. The molecule has 1 saturated heterocycles. The number of nitro benzene ring substituents is 1. The fourth-order valence-corrected chi connectivity index (χ4v) is 2.37. The van der Waals surface area contributed by atoms with Gasteiger partial charge in [0.15, 0.2) is 0 Å². The lowest BCUT2D eigenvalue weighted by atomic mass is 10.0. The molecule has 1 aliphatic rings. The summed E-state index contributed by atoms with van der Waals surface area (Å²) in [6.07, 6.45) is -0.225. The zero-order chi connectivity index (χ0) is 13.3. The third kappa shape index (κ3) is 2.68. The molecule has 0 saturated carbocycles. The Morgan fingerprint density at radius 1 is 1.50 bits per heavy atom. The van der Waals surface area contributed by atoms with E-state index < -0.39 is 4.92 Å². The lowest BCUT2D eigenvalue weighted by Gasteiger charge is -2.30. The molecule has 1 unspecified atom stereocenters. The summed E-state index contributed by atoms with van der Waals surface area (Å²) in [6.45, 7) is 1.84. The van der Waals surface area contributed by atoms with Crippen LogP contribution in [0.4, 0.5) is 5.69 Å². The van der Waals surface area contributed by atoms with Crippen molar-refractivity contribution in [2.45, 2.75) is 19.1 Å². The Balaban J connectivity index is 2.37. The molecule has 96 valence electrons. The minimum atomic E-state index is -0.468. The van der Waals surface area contributed by atoms with Crippen molar-refractivity contribution in [1.82, 2.24) is 5.32 Å². The summed E-state index contributed by atoms with van der Waals surface area (Å²) in [5.41, 5.74) is 0.628. The van der Waals surface area contributed by atoms with Gasteiger partial charge in [-0.3, -0.25) is 14.9 Å². The van der Waals surface area contributed by atoms with Crippen LogP contribution in [-0.4, -0.2) is 23.5 Å². The highest BCUT2D eigenvalue weighted by Gasteiger charge is 2.28. The molecule has 2 atom stereocenters. The molecule has 7 heteroatoms. The van der Waals surface area contributed by atoms with E-state index in [9.17, 15) is 14.9 Å². The Morgan fingerprint density at radius 2 is 2.22 bits per heavy atom. The number of rotatable bonds is 2. The van der Waals surface area contributed by atoms with Gasteiger partial charge in [-0.25, -0.2) is 0 Å².